The smallest absolute Gasteiger partial charge is 0.660 e. The van der Waals surface area contributed by atoms with Crippen LogP contribution < -0.4 is 66.2 Å². The van der Waals surface area contributed by atoms with Crippen molar-refractivity contribution < 1.29 is 65.7 Å². The summed E-state index contributed by atoms with van der Waals surface area (Å²) in [6, 6.07) is 5.61. The van der Waals surface area contributed by atoms with Gasteiger partial charge in [-0.3, -0.25) is 9.69 Å². The van der Waals surface area contributed by atoms with Gasteiger partial charge in [-0.25, -0.2) is 0 Å². The van der Waals surface area contributed by atoms with Crippen LogP contribution in [0.15, 0.2) is 18.2 Å². The largest absolute Gasteiger partial charge is 1.00 e. The van der Waals surface area contributed by atoms with Crippen molar-refractivity contribution in [3.63, 3.8) is 0 Å². The summed E-state index contributed by atoms with van der Waals surface area (Å²) in [6.07, 6.45) is 0. The van der Waals surface area contributed by atoms with E-state index in [9.17, 15) is 4.79 Å². The maximum Gasteiger partial charge on any atom is 1.00 e. The van der Waals surface area contributed by atoms with Crippen LogP contribution in [0.25, 0.3) is 5.32 Å². The van der Waals surface area contributed by atoms with Gasteiger partial charge in [-0.2, -0.15) is 0 Å². The van der Waals surface area contributed by atoms with E-state index in [2.05, 4.69) is 15.5 Å². The van der Waals surface area contributed by atoms with Gasteiger partial charge in [-0.15, -0.1) is 13.1 Å². The molecule has 0 radical (unpaired) electrons. The Labute approximate surface area is 173 Å². The minimum absolute atomic E-state index is 0. The van der Waals surface area contributed by atoms with Crippen LogP contribution in [-0.4, -0.2) is 49.8 Å². The number of benzene rings is 1. The van der Waals surface area contributed by atoms with Crippen LogP contribution in [0.4, 0.5) is 0 Å². The fourth-order valence-electron chi connectivity index (χ4n) is 2.56. The summed E-state index contributed by atoms with van der Waals surface area (Å²) in [5, 5.41) is 7.28. The third-order valence-corrected chi connectivity index (χ3v) is 3.92. The minimum atomic E-state index is -0.116. The van der Waals surface area contributed by atoms with Gasteiger partial charge >= 0.3 is 51.4 Å². The van der Waals surface area contributed by atoms with Crippen molar-refractivity contribution in [2.75, 3.05) is 33.0 Å². The summed E-state index contributed by atoms with van der Waals surface area (Å²) in [6.45, 7) is 6.07. The van der Waals surface area contributed by atoms with Crippen molar-refractivity contribution >= 4 is 5.91 Å². The molecule has 1 saturated heterocycles. The first-order chi connectivity index (χ1) is 10.2. The molecule has 1 aromatic carbocycles. The van der Waals surface area contributed by atoms with E-state index in [-0.39, 0.29) is 70.1 Å². The molecule has 1 amide bonds. The van der Waals surface area contributed by atoms with E-state index in [1.165, 1.54) is 0 Å². The number of piperazine rings is 1. The molecule has 1 atom stereocenters. The number of ether oxygens (including phenoxy) is 2. The normalized spacial score (nSPS) is 18.4. The Morgan fingerprint density at radius 2 is 2.05 bits per heavy atom. The summed E-state index contributed by atoms with van der Waals surface area (Å²) in [4.78, 5) is 14.4. The van der Waals surface area contributed by atoms with Gasteiger partial charge in [0.25, 0.3) is 0 Å². The van der Waals surface area contributed by atoms with Crippen molar-refractivity contribution in [3.8, 4) is 11.5 Å². The Morgan fingerprint density at radius 3 is 2.82 bits per heavy atom. The number of nitrogens with zero attached hydrogens (tertiary/aromatic N) is 2. The summed E-state index contributed by atoms with van der Waals surface area (Å²) in [5.41, 5.74) is 1.01. The van der Waals surface area contributed by atoms with Gasteiger partial charge in [0, 0.05) is 6.54 Å². The van der Waals surface area contributed by atoms with E-state index in [0.29, 0.717) is 6.54 Å². The van der Waals surface area contributed by atoms with Crippen LogP contribution in [-0.2, 0) is 11.3 Å². The SMILES string of the molecule is CC(C(=O)NCc1ccc2c(c1)OCO2)N1CC[N-]CC1.[K+]. The number of rotatable bonds is 4. The summed E-state index contributed by atoms with van der Waals surface area (Å²) in [5.74, 6) is 1.55. The first-order valence-corrected chi connectivity index (χ1v) is 7.27. The molecule has 1 N–H and O–H groups in total. The minimum Gasteiger partial charge on any atom is -0.660 e. The molecular weight excluding hydrogens is 309 g/mol. The van der Waals surface area contributed by atoms with Crippen molar-refractivity contribution in [2.24, 2.45) is 0 Å². The predicted molar refractivity (Wildman–Crippen MR) is 78.5 cm³/mol. The first-order valence-electron chi connectivity index (χ1n) is 7.27. The summed E-state index contributed by atoms with van der Waals surface area (Å²) < 4.78 is 10.6. The molecule has 114 valence electrons. The molecular formula is C15H20KN3O3. The fourth-order valence-corrected chi connectivity index (χ4v) is 2.56. The summed E-state index contributed by atoms with van der Waals surface area (Å²) >= 11 is 0. The van der Waals surface area contributed by atoms with Gasteiger partial charge in [0.05, 0.1) is 6.04 Å². The maximum absolute atomic E-state index is 12.2. The van der Waals surface area contributed by atoms with Gasteiger partial charge < -0.3 is 20.1 Å². The maximum atomic E-state index is 12.2. The number of amides is 1. The number of hydrogen-bond acceptors (Lipinski definition) is 4. The zero-order valence-corrected chi connectivity index (χ0v) is 16.3. The van der Waals surface area contributed by atoms with Crippen LogP contribution in [0.1, 0.15) is 12.5 Å². The van der Waals surface area contributed by atoms with Crippen LogP contribution in [0.2, 0.25) is 0 Å². The van der Waals surface area contributed by atoms with Gasteiger partial charge in [-0.05, 0) is 37.7 Å². The Balaban J connectivity index is 0.00000176. The quantitative estimate of drug-likeness (QED) is 0.657. The third-order valence-electron chi connectivity index (χ3n) is 3.92. The second-order valence-electron chi connectivity index (χ2n) is 5.29. The average Bonchev–Trinajstić information content (AvgIpc) is 3.00. The molecule has 6 nitrogen and oxygen atoms in total. The number of carbonyl (C=O) groups is 1. The molecule has 1 fully saturated rings. The Bertz CT molecular complexity index is 521. The molecule has 0 saturated carbocycles. The number of carbonyl (C=O) groups excluding carboxylic acids is 1. The molecule has 0 bridgehead atoms. The van der Waals surface area contributed by atoms with Crippen molar-refractivity contribution in [1.29, 1.82) is 0 Å². The number of fused-ring (bicyclic) bond motifs is 1. The number of nitrogens with one attached hydrogen (secondary N) is 1. The van der Waals surface area contributed by atoms with Crippen molar-refractivity contribution in [2.45, 2.75) is 19.5 Å². The molecule has 22 heavy (non-hydrogen) atoms. The average molecular weight is 329 g/mol. The van der Waals surface area contributed by atoms with Gasteiger partial charge in [0.1, 0.15) is 0 Å². The zero-order chi connectivity index (χ0) is 14.7. The second-order valence-corrected chi connectivity index (χ2v) is 5.29. The molecule has 2 heterocycles. The molecule has 7 heteroatoms. The van der Waals surface area contributed by atoms with E-state index in [4.69, 9.17) is 9.47 Å². The molecule has 0 spiro atoms. The van der Waals surface area contributed by atoms with Crippen molar-refractivity contribution in [3.05, 3.63) is 29.1 Å². The van der Waals surface area contributed by atoms with E-state index >= 15 is 0 Å². The van der Waals surface area contributed by atoms with Crippen LogP contribution in [0.3, 0.4) is 0 Å². The van der Waals surface area contributed by atoms with Gasteiger partial charge in [0.15, 0.2) is 11.5 Å². The van der Waals surface area contributed by atoms with Crippen LogP contribution in [0, 0.1) is 0 Å². The Kier molecular flexibility index (Phi) is 7.13. The van der Waals surface area contributed by atoms with Crippen molar-refractivity contribution in [1.82, 2.24) is 10.2 Å². The molecule has 0 aliphatic carbocycles. The molecule has 2 aliphatic rings. The predicted octanol–water partition coefficient (Wildman–Crippen LogP) is -1.89. The summed E-state index contributed by atoms with van der Waals surface area (Å²) in [7, 11) is 0. The second kappa shape index (κ2) is 8.63. The van der Waals surface area contributed by atoms with E-state index < -0.39 is 0 Å². The van der Waals surface area contributed by atoms with E-state index in [0.717, 1.165) is 43.2 Å². The Hall–Kier alpha value is -0.154. The zero-order valence-electron chi connectivity index (χ0n) is 13.2. The third kappa shape index (κ3) is 4.44. The van der Waals surface area contributed by atoms with Crippen LogP contribution in [0.5, 0.6) is 11.5 Å². The first kappa shape index (κ1) is 18.2. The van der Waals surface area contributed by atoms with E-state index in [1.807, 2.05) is 25.1 Å². The molecule has 1 aromatic rings. The molecule has 2 aliphatic heterocycles. The van der Waals surface area contributed by atoms with E-state index in [1.54, 1.807) is 0 Å². The number of hydrogen-bond donors (Lipinski definition) is 1. The van der Waals surface area contributed by atoms with Crippen LogP contribution >= 0.6 is 0 Å². The van der Waals surface area contributed by atoms with Gasteiger partial charge in [-0.1, -0.05) is 6.07 Å². The monoisotopic (exact) mass is 329 g/mol. The molecule has 3 rings (SSSR count). The topological polar surface area (TPSA) is 64.9 Å². The standard InChI is InChI=1S/C15H20N3O3.K/c1-11(18-6-4-16-5-7-18)15(19)17-9-12-2-3-13-14(8-12)21-10-20-13;/h2-3,8,11H,4-7,9-10H2,1H3,(H,17,19);/q-1;+1. The Morgan fingerprint density at radius 1 is 1.32 bits per heavy atom. The molecule has 0 aromatic heterocycles. The fraction of sp³-hybridized carbons (Fsp3) is 0.533. The molecule has 1 unspecified atom stereocenters. The van der Waals surface area contributed by atoms with Gasteiger partial charge in [0.2, 0.25) is 12.7 Å².